The molecule has 116 valence electrons. The van der Waals surface area contributed by atoms with Crippen LogP contribution in [0.15, 0.2) is 29.2 Å². The molecule has 1 aliphatic heterocycles. The van der Waals surface area contributed by atoms with Gasteiger partial charge in [0, 0.05) is 6.04 Å². The Morgan fingerprint density at radius 2 is 2.00 bits per heavy atom. The summed E-state index contributed by atoms with van der Waals surface area (Å²) >= 11 is 0. The number of hydrogen-bond acceptors (Lipinski definition) is 3. The van der Waals surface area contributed by atoms with Gasteiger partial charge in [-0.3, -0.25) is 0 Å². The summed E-state index contributed by atoms with van der Waals surface area (Å²) in [6, 6.07) is 7.68. The molecule has 1 fully saturated rings. The third-order valence-electron chi connectivity index (χ3n) is 5.00. The van der Waals surface area contributed by atoms with Gasteiger partial charge in [0.1, 0.15) is 0 Å². The van der Waals surface area contributed by atoms with Crippen molar-refractivity contribution in [1.29, 1.82) is 0 Å². The van der Waals surface area contributed by atoms with Gasteiger partial charge in [0.15, 0.2) is 9.84 Å². The van der Waals surface area contributed by atoms with Crippen LogP contribution in [0.1, 0.15) is 50.6 Å². The minimum atomic E-state index is -3.07. The second kappa shape index (κ2) is 6.09. The van der Waals surface area contributed by atoms with E-state index in [-0.39, 0.29) is 11.8 Å². The third kappa shape index (κ3) is 3.32. The molecule has 3 atom stereocenters. The highest BCUT2D eigenvalue weighted by molar-refractivity contribution is 7.91. The van der Waals surface area contributed by atoms with Crippen LogP contribution >= 0.6 is 0 Å². The van der Waals surface area contributed by atoms with Crippen LogP contribution in [0, 0.1) is 11.8 Å². The molecule has 4 heteroatoms. The smallest absolute Gasteiger partial charge is 0.178 e. The lowest BCUT2D eigenvalue weighted by molar-refractivity contribution is 0.265. The van der Waals surface area contributed by atoms with Crippen molar-refractivity contribution in [2.75, 3.05) is 12.3 Å². The number of sulfone groups is 1. The SMILES string of the molecule is CC1CCCC(CNC2CCS(=O)(=O)c3ccccc32)C1. The van der Waals surface area contributed by atoms with E-state index >= 15 is 0 Å². The van der Waals surface area contributed by atoms with Crippen molar-refractivity contribution in [3.63, 3.8) is 0 Å². The topological polar surface area (TPSA) is 46.2 Å². The summed E-state index contributed by atoms with van der Waals surface area (Å²) in [6.07, 6.45) is 6.01. The Morgan fingerprint density at radius 3 is 2.81 bits per heavy atom. The zero-order valence-corrected chi connectivity index (χ0v) is 13.5. The third-order valence-corrected chi connectivity index (χ3v) is 6.82. The average Bonchev–Trinajstić information content (AvgIpc) is 2.47. The van der Waals surface area contributed by atoms with Gasteiger partial charge < -0.3 is 5.32 Å². The summed E-state index contributed by atoms with van der Waals surface area (Å²) < 4.78 is 24.3. The van der Waals surface area contributed by atoms with Gasteiger partial charge in [-0.25, -0.2) is 8.42 Å². The van der Waals surface area contributed by atoms with Crippen LogP contribution in [0.4, 0.5) is 0 Å². The minimum Gasteiger partial charge on any atom is -0.310 e. The van der Waals surface area contributed by atoms with E-state index in [1.807, 2.05) is 18.2 Å². The lowest BCUT2D eigenvalue weighted by Gasteiger charge is -2.31. The molecule has 3 rings (SSSR count). The first-order chi connectivity index (χ1) is 10.1. The number of nitrogens with one attached hydrogen (secondary N) is 1. The molecule has 1 saturated carbocycles. The van der Waals surface area contributed by atoms with Gasteiger partial charge in [-0.05, 0) is 49.3 Å². The standard InChI is InChI=1S/C17H25NO2S/c1-13-5-4-6-14(11-13)12-18-16-9-10-21(19,20)17-8-3-2-7-15(16)17/h2-3,7-8,13-14,16,18H,4-6,9-12H2,1H3. The molecule has 3 nitrogen and oxygen atoms in total. The lowest BCUT2D eigenvalue weighted by Crippen LogP contribution is -2.34. The van der Waals surface area contributed by atoms with E-state index in [1.165, 1.54) is 25.7 Å². The van der Waals surface area contributed by atoms with Crippen molar-refractivity contribution >= 4 is 9.84 Å². The van der Waals surface area contributed by atoms with Gasteiger partial charge in [-0.2, -0.15) is 0 Å². The predicted octanol–water partition coefficient (Wildman–Crippen LogP) is 3.32. The van der Waals surface area contributed by atoms with Crippen molar-refractivity contribution < 1.29 is 8.42 Å². The molecular weight excluding hydrogens is 282 g/mol. The molecule has 2 aliphatic rings. The van der Waals surface area contributed by atoms with Crippen LogP contribution in [0.5, 0.6) is 0 Å². The molecule has 0 aromatic heterocycles. The van der Waals surface area contributed by atoms with Gasteiger partial charge in [0.25, 0.3) is 0 Å². The zero-order chi connectivity index (χ0) is 14.9. The molecule has 0 spiro atoms. The molecule has 1 aromatic rings. The Morgan fingerprint density at radius 1 is 1.19 bits per heavy atom. The summed E-state index contributed by atoms with van der Waals surface area (Å²) in [6.45, 7) is 3.36. The van der Waals surface area contributed by atoms with Crippen molar-refractivity contribution in [3.8, 4) is 0 Å². The van der Waals surface area contributed by atoms with E-state index < -0.39 is 9.84 Å². The number of benzene rings is 1. The Labute approximate surface area is 128 Å². The molecule has 0 radical (unpaired) electrons. The van der Waals surface area contributed by atoms with E-state index in [0.717, 1.165) is 23.9 Å². The van der Waals surface area contributed by atoms with Gasteiger partial charge in [-0.1, -0.05) is 38.0 Å². The van der Waals surface area contributed by atoms with Gasteiger partial charge in [0.05, 0.1) is 10.6 Å². The van der Waals surface area contributed by atoms with Crippen molar-refractivity contribution in [3.05, 3.63) is 29.8 Å². The summed E-state index contributed by atoms with van der Waals surface area (Å²) in [5.74, 6) is 1.85. The molecule has 1 heterocycles. The first-order valence-corrected chi connectivity index (χ1v) is 9.76. The Kier molecular flexibility index (Phi) is 4.36. The van der Waals surface area contributed by atoms with E-state index in [4.69, 9.17) is 0 Å². The van der Waals surface area contributed by atoms with Crippen molar-refractivity contribution in [2.45, 2.75) is 50.0 Å². The minimum absolute atomic E-state index is 0.196. The predicted molar refractivity (Wildman–Crippen MR) is 85.0 cm³/mol. The number of fused-ring (bicyclic) bond motifs is 1. The molecule has 3 unspecified atom stereocenters. The van der Waals surface area contributed by atoms with Gasteiger partial charge >= 0.3 is 0 Å². The Bertz CT molecular complexity index is 597. The maximum absolute atomic E-state index is 12.1. The fourth-order valence-electron chi connectivity index (χ4n) is 3.86. The average molecular weight is 307 g/mol. The van der Waals surface area contributed by atoms with E-state index in [1.54, 1.807) is 6.07 Å². The zero-order valence-electron chi connectivity index (χ0n) is 12.7. The van der Waals surface area contributed by atoms with Crippen LogP contribution in [0.2, 0.25) is 0 Å². The second-order valence-corrected chi connectivity index (χ2v) is 8.82. The molecule has 0 bridgehead atoms. The lowest BCUT2D eigenvalue weighted by atomic mass is 9.82. The molecule has 0 amide bonds. The highest BCUT2D eigenvalue weighted by Gasteiger charge is 2.30. The van der Waals surface area contributed by atoms with Crippen molar-refractivity contribution in [1.82, 2.24) is 5.32 Å². The highest BCUT2D eigenvalue weighted by Crippen LogP contribution is 2.33. The molecule has 1 aliphatic carbocycles. The van der Waals surface area contributed by atoms with E-state index in [2.05, 4.69) is 12.2 Å². The van der Waals surface area contributed by atoms with Crippen LogP contribution in [-0.2, 0) is 9.84 Å². The second-order valence-electron chi connectivity index (χ2n) is 6.74. The summed E-state index contributed by atoms with van der Waals surface area (Å²) in [5.41, 5.74) is 0.965. The quantitative estimate of drug-likeness (QED) is 0.932. The maximum atomic E-state index is 12.1. The molecule has 21 heavy (non-hydrogen) atoms. The van der Waals surface area contributed by atoms with Gasteiger partial charge in [-0.15, -0.1) is 0 Å². The molecule has 0 saturated heterocycles. The first-order valence-electron chi connectivity index (χ1n) is 8.11. The summed E-state index contributed by atoms with van der Waals surface area (Å²) in [5, 5.41) is 3.64. The fraction of sp³-hybridized carbons (Fsp3) is 0.647. The molecule has 1 aromatic carbocycles. The van der Waals surface area contributed by atoms with Crippen LogP contribution in [-0.4, -0.2) is 20.7 Å². The van der Waals surface area contributed by atoms with E-state index in [0.29, 0.717) is 11.3 Å². The van der Waals surface area contributed by atoms with Crippen molar-refractivity contribution in [2.24, 2.45) is 11.8 Å². The Balaban J connectivity index is 1.69. The molecule has 1 N–H and O–H groups in total. The highest BCUT2D eigenvalue weighted by atomic mass is 32.2. The first kappa shape index (κ1) is 15.0. The largest absolute Gasteiger partial charge is 0.310 e. The number of rotatable bonds is 3. The Hall–Kier alpha value is -0.870. The molecular formula is C17H25NO2S. The van der Waals surface area contributed by atoms with Crippen LogP contribution in [0.3, 0.4) is 0 Å². The number of hydrogen-bond donors (Lipinski definition) is 1. The van der Waals surface area contributed by atoms with Crippen LogP contribution < -0.4 is 5.32 Å². The fourth-order valence-corrected chi connectivity index (χ4v) is 5.48. The summed E-state index contributed by atoms with van der Waals surface area (Å²) in [7, 11) is -3.07. The maximum Gasteiger partial charge on any atom is 0.178 e. The van der Waals surface area contributed by atoms with Crippen LogP contribution in [0.25, 0.3) is 0 Å². The summed E-state index contributed by atoms with van der Waals surface area (Å²) in [4.78, 5) is 0.533. The van der Waals surface area contributed by atoms with Gasteiger partial charge in [0.2, 0.25) is 0 Å². The van der Waals surface area contributed by atoms with E-state index in [9.17, 15) is 8.42 Å². The monoisotopic (exact) mass is 307 g/mol. The normalized spacial score (nSPS) is 31.6.